The zero-order chi connectivity index (χ0) is 20.9. The van der Waals surface area contributed by atoms with Gasteiger partial charge in [-0.2, -0.15) is 4.31 Å². The average molecular weight is 426 g/mol. The molecular formula is C21H23N5O3S. The lowest BCUT2D eigenvalue weighted by Gasteiger charge is -2.19. The quantitative estimate of drug-likeness (QED) is 0.620. The monoisotopic (exact) mass is 425 g/mol. The van der Waals surface area contributed by atoms with E-state index in [2.05, 4.69) is 15.0 Å². The number of Topliss-reactive ketones (excluding diaryl/α,β-unsaturated/α-hetero) is 1. The van der Waals surface area contributed by atoms with Crippen molar-refractivity contribution in [3.63, 3.8) is 0 Å². The summed E-state index contributed by atoms with van der Waals surface area (Å²) in [6, 6.07) is 7.63. The van der Waals surface area contributed by atoms with E-state index in [4.69, 9.17) is 5.73 Å². The van der Waals surface area contributed by atoms with Crippen molar-refractivity contribution in [2.24, 2.45) is 5.92 Å². The van der Waals surface area contributed by atoms with Gasteiger partial charge in [0.1, 0.15) is 17.0 Å². The zero-order valence-electron chi connectivity index (χ0n) is 16.5. The molecule has 0 bridgehead atoms. The molecule has 0 amide bonds. The fourth-order valence-corrected chi connectivity index (χ4v) is 6.10. The van der Waals surface area contributed by atoms with Crippen molar-refractivity contribution >= 4 is 32.8 Å². The van der Waals surface area contributed by atoms with Crippen molar-refractivity contribution in [2.45, 2.75) is 50.1 Å². The van der Waals surface area contributed by atoms with Gasteiger partial charge in [0.15, 0.2) is 16.3 Å². The van der Waals surface area contributed by atoms with Gasteiger partial charge in [-0.25, -0.2) is 18.4 Å². The number of anilines is 1. The van der Waals surface area contributed by atoms with Crippen LogP contribution in [0.5, 0.6) is 0 Å². The maximum absolute atomic E-state index is 13.5. The van der Waals surface area contributed by atoms with E-state index in [9.17, 15) is 13.2 Å². The smallest absolute Gasteiger partial charge is 0.249 e. The molecule has 5 rings (SSSR count). The molecule has 2 aliphatic rings. The molecule has 8 nitrogen and oxygen atoms in total. The average Bonchev–Trinajstić information content (AvgIpc) is 3.34. The number of nitrogens with zero attached hydrogens (tertiary/aromatic N) is 3. The Morgan fingerprint density at radius 1 is 1.10 bits per heavy atom. The van der Waals surface area contributed by atoms with E-state index in [1.807, 2.05) is 24.3 Å². The van der Waals surface area contributed by atoms with Gasteiger partial charge in [-0.05, 0) is 24.0 Å². The number of hydrogen-bond donors (Lipinski definition) is 2. The summed E-state index contributed by atoms with van der Waals surface area (Å²) in [4.78, 5) is 24.3. The number of nitrogens with two attached hydrogens (primary N) is 1. The van der Waals surface area contributed by atoms with E-state index in [0.717, 1.165) is 43.2 Å². The van der Waals surface area contributed by atoms with Crippen LogP contribution in [0.25, 0.3) is 11.2 Å². The number of rotatable bonds is 4. The molecule has 156 valence electrons. The van der Waals surface area contributed by atoms with E-state index < -0.39 is 10.0 Å². The van der Waals surface area contributed by atoms with Crippen molar-refractivity contribution in [1.82, 2.24) is 19.3 Å². The van der Waals surface area contributed by atoms with Crippen LogP contribution in [0.3, 0.4) is 0 Å². The van der Waals surface area contributed by atoms with E-state index in [-0.39, 0.29) is 52.4 Å². The van der Waals surface area contributed by atoms with Crippen molar-refractivity contribution in [3.05, 3.63) is 47.3 Å². The first-order valence-corrected chi connectivity index (χ1v) is 11.6. The maximum Gasteiger partial charge on any atom is 0.249 e. The van der Waals surface area contributed by atoms with Crippen LogP contribution in [0.2, 0.25) is 0 Å². The second-order valence-corrected chi connectivity index (χ2v) is 9.94. The molecule has 0 unspecified atom stereocenters. The van der Waals surface area contributed by atoms with Gasteiger partial charge >= 0.3 is 0 Å². The van der Waals surface area contributed by atoms with Crippen LogP contribution in [0.15, 0.2) is 35.4 Å². The summed E-state index contributed by atoms with van der Waals surface area (Å²) in [6.45, 7) is 0.553. The molecular weight excluding hydrogens is 402 g/mol. The lowest BCUT2D eigenvalue weighted by molar-refractivity contribution is 0.0884. The lowest BCUT2D eigenvalue weighted by atomic mass is 9.85. The Labute approximate surface area is 174 Å². The molecule has 0 saturated heterocycles. The van der Waals surface area contributed by atoms with Crippen LogP contribution in [-0.4, -0.2) is 33.5 Å². The normalized spacial score (nSPS) is 18.0. The fraction of sp³-hybridized carbons (Fsp3) is 0.381. The van der Waals surface area contributed by atoms with Gasteiger partial charge in [-0.1, -0.05) is 43.5 Å². The summed E-state index contributed by atoms with van der Waals surface area (Å²) in [5, 5.41) is 0. The Bertz CT molecular complexity index is 1220. The minimum Gasteiger partial charge on any atom is -0.384 e. The predicted octanol–water partition coefficient (Wildman–Crippen LogP) is 3.01. The van der Waals surface area contributed by atoms with Crippen molar-refractivity contribution in [1.29, 1.82) is 0 Å². The predicted molar refractivity (Wildman–Crippen MR) is 112 cm³/mol. The molecule has 0 atom stereocenters. The molecule has 1 fully saturated rings. The summed E-state index contributed by atoms with van der Waals surface area (Å²) in [6.07, 6.45) is 6.29. The number of aromatic amines is 1. The Balaban J connectivity index is 1.54. The van der Waals surface area contributed by atoms with Crippen molar-refractivity contribution in [2.75, 3.05) is 5.73 Å². The van der Waals surface area contributed by atoms with Crippen LogP contribution in [0.4, 0.5) is 5.82 Å². The number of nitrogens with one attached hydrogen (secondary N) is 1. The molecule has 1 saturated carbocycles. The molecule has 1 aliphatic carbocycles. The molecule has 1 aromatic carbocycles. The second kappa shape index (κ2) is 7.17. The first kappa shape index (κ1) is 19.2. The van der Waals surface area contributed by atoms with E-state index >= 15 is 0 Å². The van der Waals surface area contributed by atoms with Crippen molar-refractivity contribution in [3.8, 4) is 0 Å². The summed E-state index contributed by atoms with van der Waals surface area (Å²) < 4.78 is 28.3. The Morgan fingerprint density at radius 2 is 1.77 bits per heavy atom. The second-order valence-electron chi connectivity index (χ2n) is 8.06. The van der Waals surface area contributed by atoms with E-state index in [1.165, 1.54) is 10.5 Å². The molecule has 0 radical (unpaired) electrons. The summed E-state index contributed by atoms with van der Waals surface area (Å²) >= 11 is 0. The standard InChI is InChI=1S/C21H23N5O3S/c22-20-19(30(28,29)26-11-14-8-4-5-9-15(14)12-26)17-21(25-20)23-10-16(24-17)18(27)13-6-2-1-3-7-13/h4-5,8-10,13H,1-3,6-7,11-12,22H2,(H,23,25). The molecule has 3 aromatic rings. The summed E-state index contributed by atoms with van der Waals surface area (Å²) in [7, 11) is -3.92. The highest BCUT2D eigenvalue weighted by atomic mass is 32.2. The number of benzene rings is 1. The van der Waals surface area contributed by atoms with Gasteiger partial charge in [0.2, 0.25) is 10.0 Å². The lowest BCUT2D eigenvalue weighted by Crippen LogP contribution is -2.26. The highest BCUT2D eigenvalue weighted by Gasteiger charge is 2.35. The van der Waals surface area contributed by atoms with Crippen LogP contribution < -0.4 is 5.73 Å². The first-order valence-electron chi connectivity index (χ1n) is 10.2. The summed E-state index contributed by atoms with van der Waals surface area (Å²) in [5.41, 5.74) is 8.60. The Hall–Kier alpha value is -2.78. The maximum atomic E-state index is 13.5. The SMILES string of the molecule is Nc1[nH]c2ncc(C(=O)C3CCCCC3)nc2c1S(=O)(=O)N1Cc2ccccc2C1. The fourth-order valence-electron chi connectivity index (χ4n) is 4.51. The Morgan fingerprint density at radius 3 is 2.43 bits per heavy atom. The number of sulfonamides is 1. The van der Waals surface area contributed by atoms with E-state index in [1.54, 1.807) is 0 Å². The number of carbonyl (C=O) groups excluding carboxylic acids is 1. The minimum absolute atomic E-state index is 0.0109. The number of aromatic nitrogens is 3. The minimum atomic E-state index is -3.92. The Kier molecular flexibility index (Phi) is 4.59. The van der Waals surface area contributed by atoms with Crippen LogP contribution in [-0.2, 0) is 23.1 Å². The molecule has 2 aromatic heterocycles. The largest absolute Gasteiger partial charge is 0.384 e. The van der Waals surface area contributed by atoms with Gasteiger partial charge in [-0.3, -0.25) is 4.79 Å². The third kappa shape index (κ3) is 3.09. The topological polar surface area (TPSA) is 122 Å². The third-order valence-electron chi connectivity index (χ3n) is 6.12. The highest BCUT2D eigenvalue weighted by molar-refractivity contribution is 7.89. The first-order chi connectivity index (χ1) is 14.4. The van der Waals surface area contributed by atoms with Gasteiger partial charge in [0.25, 0.3) is 0 Å². The van der Waals surface area contributed by atoms with Gasteiger partial charge in [-0.15, -0.1) is 0 Å². The number of nitrogen functional groups attached to an aromatic ring is 1. The molecule has 1 aliphatic heterocycles. The number of ketones is 1. The molecule has 0 spiro atoms. The molecule has 30 heavy (non-hydrogen) atoms. The van der Waals surface area contributed by atoms with Crippen molar-refractivity contribution < 1.29 is 13.2 Å². The van der Waals surface area contributed by atoms with Gasteiger partial charge < -0.3 is 10.7 Å². The highest BCUT2D eigenvalue weighted by Crippen LogP contribution is 2.34. The molecule has 9 heteroatoms. The molecule has 3 heterocycles. The third-order valence-corrected chi connectivity index (χ3v) is 7.99. The van der Waals surface area contributed by atoms with Crippen LogP contribution in [0, 0.1) is 5.92 Å². The number of H-pyrrole nitrogens is 1. The van der Waals surface area contributed by atoms with Gasteiger partial charge in [0.05, 0.1) is 6.20 Å². The number of hydrogen-bond acceptors (Lipinski definition) is 6. The molecule has 3 N–H and O–H groups in total. The zero-order valence-corrected chi connectivity index (χ0v) is 17.3. The number of carbonyl (C=O) groups is 1. The van der Waals surface area contributed by atoms with Crippen LogP contribution >= 0.6 is 0 Å². The number of fused-ring (bicyclic) bond motifs is 2. The van der Waals surface area contributed by atoms with E-state index in [0.29, 0.717) is 0 Å². The summed E-state index contributed by atoms with van der Waals surface area (Å²) in [5.74, 6) is -0.154. The van der Waals surface area contributed by atoms with Gasteiger partial charge in [0, 0.05) is 19.0 Å². The van der Waals surface area contributed by atoms with Crippen LogP contribution in [0.1, 0.15) is 53.7 Å².